The van der Waals surface area contributed by atoms with E-state index in [1.807, 2.05) is 37.4 Å². The average molecular weight is 450 g/mol. The van der Waals surface area contributed by atoms with Gasteiger partial charge >= 0.3 is 0 Å². The van der Waals surface area contributed by atoms with E-state index in [0.29, 0.717) is 36.1 Å². The Morgan fingerprint density at radius 1 is 1.15 bits per heavy atom. The number of methoxy groups -OCH3 is 1. The normalized spacial score (nSPS) is 12.9. The second-order valence-electron chi connectivity index (χ2n) is 8.17. The Hall–Kier alpha value is -3.45. The topological polar surface area (TPSA) is 72.5 Å². The Labute approximate surface area is 193 Å². The van der Waals surface area contributed by atoms with Crippen molar-refractivity contribution >= 4 is 5.91 Å². The summed E-state index contributed by atoms with van der Waals surface area (Å²) in [5, 5.41) is 6.03. The molecule has 0 unspecified atom stereocenters. The predicted molar refractivity (Wildman–Crippen MR) is 125 cm³/mol. The number of carbonyl (C=O) groups is 1. The van der Waals surface area contributed by atoms with Crippen LogP contribution in [0.5, 0.6) is 11.6 Å². The van der Waals surface area contributed by atoms with E-state index in [1.165, 1.54) is 13.2 Å². The Morgan fingerprint density at radius 3 is 2.70 bits per heavy atom. The molecular formula is C26H28FN3O3. The van der Waals surface area contributed by atoms with Gasteiger partial charge in [0.15, 0.2) is 11.6 Å². The Morgan fingerprint density at radius 2 is 1.97 bits per heavy atom. The number of hydrogen-bond donors (Lipinski definition) is 2. The lowest BCUT2D eigenvalue weighted by Crippen LogP contribution is -2.24. The molecule has 172 valence electrons. The number of carbonyl (C=O) groups excluding carboxylic acids is 1. The molecule has 0 aliphatic heterocycles. The Balaban J connectivity index is 1.58. The summed E-state index contributed by atoms with van der Waals surface area (Å²) in [6.07, 6.45) is 4.02. The SMILES string of the molecule is CNCc1ccccc1-c1cnc(OCC2CC2)c(C(=O)NCc2ccc(OC)c(F)c2)c1. The second-order valence-corrected chi connectivity index (χ2v) is 8.17. The average Bonchev–Trinajstić information content (AvgIpc) is 3.66. The lowest BCUT2D eigenvalue weighted by atomic mass is 9.99. The highest BCUT2D eigenvalue weighted by Crippen LogP contribution is 2.31. The van der Waals surface area contributed by atoms with Crippen LogP contribution in [-0.4, -0.2) is 31.7 Å². The highest BCUT2D eigenvalue weighted by Gasteiger charge is 2.24. The van der Waals surface area contributed by atoms with Gasteiger partial charge < -0.3 is 20.1 Å². The molecule has 7 heteroatoms. The number of amides is 1. The molecule has 1 aromatic heterocycles. The van der Waals surface area contributed by atoms with Gasteiger partial charge in [0, 0.05) is 24.8 Å². The molecule has 6 nitrogen and oxygen atoms in total. The first-order chi connectivity index (χ1) is 16.1. The molecule has 2 aromatic carbocycles. The molecule has 3 aromatic rings. The number of nitrogens with one attached hydrogen (secondary N) is 2. The Bertz CT molecular complexity index is 1130. The molecule has 1 heterocycles. The molecule has 2 N–H and O–H groups in total. The van der Waals surface area contributed by atoms with Crippen LogP contribution in [-0.2, 0) is 13.1 Å². The molecule has 1 aliphatic carbocycles. The van der Waals surface area contributed by atoms with Crippen LogP contribution in [0.1, 0.15) is 34.3 Å². The first-order valence-electron chi connectivity index (χ1n) is 11.1. The van der Waals surface area contributed by atoms with Crippen LogP contribution in [0.25, 0.3) is 11.1 Å². The van der Waals surface area contributed by atoms with Gasteiger partial charge in [-0.1, -0.05) is 30.3 Å². The van der Waals surface area contributed by atoms with E-state index in [2.05, 4.69) is 15.6 Å². The van der Waals surface area contributed by atoms with Crippen molar-refractivity contribution in [1.29, 1.82) is 0 Å². The van der Waals surface area contributed by atoms with Gasteiger partial charge in [0.05, 0.1) is 13.7 Å². The van der Waals surface area contributed by atoms with Crippen molar-refractivity contribution in [3.8, 4) is 22.8 Å². The smallest absolute Gasteiger partial charge is 0.257 e. The molecule has 4 rings (SSSR count). The molecule has 0 radical (unpaired) electrons. The van der Waals surface area contributed by atoms with Crippen LogP contribution >= 0.6 is 0 Å². The van der Waals surface area contributed by atoms with Gasteiger partial charge in [-0.05, 0) is 60.7 Å². The van der Waals surface area contributed by atoms with Crippen molar-refractivity contribution in [2.24, 2.45) is 5.92 Å². The van der Waals surface area contributed by atoms with Crippen molar-refractivity contribution in [2.45, 2.75) is 25.9 Å². The first-order valence-corrected chi connectivity index (χ1v) is 11.1. The largest absolute Gasteiger partial charge is 0.494 e. The zero-order valence-corrected chi connectivity index (χ0v) is 18.9. The summed E-state index contributed by atoms with van der Waals surface area (Å²) >= 11 is 0. The molecule has 0 saturated heterocycles. The van der Waals surface area contributed by atoms with Gasteiger partial charge in [-0.15, -0.1) is 0 Å². The third kappa shape index (κ3) is 5.68. The molecule has 1 amide bonds. The van der Waals surface area contributed by atoms with E-state index in [9.17, 15) is 9.18 Å². The maximum atomic E-state index is 14.0. The maximum Gasteiger partial charge on any atom is 0.257 e. The number of halogens is 1. The number of hydrogen-bond acceptors (Lipinski definition) is 5. The second kappa shape index (κ2) is 10.4. The van der Waals surface area contributed by atoms with Gasteiger partial charge in [-0.2, -0.15) is 0 Å². The summed E-state index contributed by atoms with van der Waals surface area (Å²) in [6, 6.07) is 14.4. The fourth-order valence-electron chi connectivity index (χ4n) is 3.60. The van der Waals surface area contributed by atoms with Crippen molar-refractivity contribution < 1.29 is 18.7 Å². The minimum Gasteiger partial charge on any atom is -0.494 e. The van der Waals surface area contributed by atoms with E-state index in [4.69, 9.17) is 9.47 Å². The third-order valence-electron chi connectivity index (χ3n) is 5.61. The van der Waals surface area contributed by atoms with E-state index >= 15 is 0 Å². The molecule has 0 bridgehead atoms. The number of benzene rings is 2. The molecule has 33 heavy (non-hydrogen) atoms. The summed E-state index contributed by atoms with van der Waals surface area (Å²) in [7, 11) is 3.31. The van der Waals surface area contributed by atoms with Crippen molar-refractivity contribution in [3.63, 3.8) is 0 Å². The van der Waals surface area contributed by atoms with E-state index in [0.717, 1.165) is 29.5 Å². The van der Waals surface area contributed by atoms with E-state index < -0.39 is 5.82 Å². The maximum absolute atomic E-state index is 14.0. The van der Waals surface area contributed by atoms with Crippen LogP contribution in [0, 0.1) is 11.7 Å². The summed E-state index contributed by atoms with van der Waals surface area (Å²) in [6.45, 7) is 1.41. The van der Waals surface area contributed by atoms with Gasteiger partial charge in [-0.25, -0.2) is 9.37 Å². The zero-order chi connectivity index (χ0) is 23.2. The predicted octanol–water partition coefficient (Wildman–Crippen LogP) is 4.33. The number of pyridine rings is 1. The number of ether oxygens (including phenoxy) is 2. The summed E-state index contributed by atoms with van der Waals surface area (Å²) in [5.41, 5.74) is 3.93. The fraction of sp³-hybridized carbons (Fsp3) is 0.308. The molecular weight excluding hydrogens is 421 g/mol. The monoisotopic (exact) mass is 449 g/mol. The summed E-state index contributed by atoms with van der Waals surface area (Å²) in [5.74, 6) is 0.217. The lowest BCUT2D eigenvalue weighted by Gasteiger charge is -2.14. The Kier molecular flexibility index (Phi) is 7.19. The van der Waals surface area contributed by atoms with Crippen molar-refractivity contribution in [2.75, 3.05) is 20.8 Å². The molecule has 1 aliphatic rings. The number of aromatic nitrogens is 1. The highest BCUT2D eigenvalue weighted by atomic mass is 19.1. The number of nitrogens with zero attached hydrogens (tertiary/aromatic N) is 1. The van der Waals surface area contributed by atoms with Gasteiger partial charge in [0.1, 0.15) is 5.56 Å². The third-order valence-corrected chi connectivity index (χ3v) is 5.61. The molecule has 1 fully saturated rings. The standard InChI is InChI=1S/C26H28FN3O3/c1-28-14-19-5-3-4-6-21(19)20-12-22(26(30-15-20)33-16-17-7-8-17)25(31)29-13-18-9-10-24(32-2)23(27)11-18/h3-6,9-12,15,17,28H,7-8,13-14,16H2,1-2H3,(H,29,31). The van der Waals surface area contributed by atoms with Crippen LogP contribution in [0.3, 0.4) is 0 Å². The highest BCUT2D eigenvalue weighted by molar-refractivity contribution is 5.97. The molecule has 1 saturated carbocycles. The lowest BCUT2D eigenvalue weighted by molar-refractivity contribution is 0.0945. The van der Waals surface area contributed by atoms with Crippen molar-refractivity contribution in [1.82, 2.24) is 15.6 Å². The fourth-order valence-corrected chi connectivity index (χ4v) is 3.60. The van der Waals surface area contributed by atoms with Gasteiger partial charge in [0.2, 0.25) is 5.88 Å². The molecule has 0 spiro atoms. The minimum atomic E-state index is -0.470. The number of rotatable bonds is 10. The minimum absolute atomic E-state index is 0.165. The summed E-state index contributed by atoms with van der Waals surface area (Å²) < 4.78 is 24.9. The van der Waals surface area contributed by atoms with Crippen molar-refractivity contribution in [3.05, 3.63) is 77.2 Å². The van der Waals surface area contributed by atoms with E-state index in [1.54, 1.807) is 18.3 Å². The van der Waals surface area contributed by atoms with Gasteiger partial charge in [0.25, 0.3) is 5.91 Å². The van der Waals surface area contributed by atoms with Crippen LogP contribution < -0.4 is 20.1 Å². The molecule has 0 atom stereocenters. The van der Waals surface area contributed by atoms with Crippen LogP contribution in [0.15, 0.2) is 54.7 Å². The zero-order valence-electron chi connectivity index (χ0n) is 18.9. The summed E-state index contributed by atoms with van der Waals surface area (Å²) in [4.78, 5) is 17.6. The quantitative estimate of drug-likeness (QED) is 0.482. The van der Waals surface area contributed by atoms with E-state index in [-0.39, 0.29) is 18.2 Å². The first kappa shape index (κ1) is 22.7. The van der Waals surface area contributed by atoms with Gasteiger partial charge in [-0.3, -0.25) is 4.79 Å². The van der Waals surface area contributed by atoms with Crippen LogP contribution in [0.2, 0.25) is 0 Å². The van der Waals surface area contributed by atoms with Crippen LogP contribution in [0.4, 0.5) is 4.39 Å².